The van der Waals surface area contributed by atoms with Gasteiger partial charge in [0, 0.05) is 0 Å². The molecule has 0 aromatic heterocycles. The van der Waals surface area contributed by atoms with Crippen LogP contribution in [0.1, 0.15) is 32.1 Å². The number of unbranched alkanes of at least 4 members (excludes halogenated alkanes) is 4. The van der Waals surface area contributed by atoms with Gasteiger partial charge in [0.1, 0.15) is 0 Å². The Hall–Kier alpha value is 0.740. The monoisotopic (exact) mass is 279 g/mol. The molecule has 1 heteroatoms. The minimum atomic E-state index is 0. The van der Waals surface area contributed by atoms with Crippen molar-refractivity contribution in [1.82, 2.24) is 0 Å². The average molecular weight is 279 g/mol. The van der Waals surface area contributed by atoms with Crippen molar-refractivity contribution in [2.45, 2.75) is 32.1 Å². The molecule has 0 aliphatic rings. The van der Waals surface area contributed by atoms with Gasteiger partial charge in [-0.05, 0) is 0 Å². The molecule has 0 amide bonds. The zero-order valence-corrected chi connectivity index (χ0v) is 8.61. The summed E-state index contributed by atoms with van der Waals surface area (Å²) in [6.45, 7) is 7.47. The van der Waals surface area contributed by atoms with Crippen LogP contribution in [0.3, 0.4) is 0 Å². The molecule has 0 aromatic rings. The summed E-state index contributed by atoms with van der Waals surface area (Å²) in [4.78, 5) is 0. The molecule has 0 saturated carbocycles. The van der Waals surface area contributed by atoms with Crippen molar-refractivity contribution >= 4 is 0 Å². The third-order valence-electron chi connectivity index (χ3n) is 1.000. The number of hydrogen-bond acceptors (Lipinski definition) is 0. The van der Waals surface area contributed by atoms with Crippen molar-refractivity contribution in [3.63, 3.8) is 0 Å². The molecule has 0 saturated heterocycles. The molecular formula is C7H14Ta. The van der Waals surface area contributed by atoms with Crippen LogP contribution in [0.2, 0.25) is 0 Å². The molecule has 0 aliphatic carbocycles. The Morgan fingerprint density at radius 3 is 1.38 bits per heavy atom. The summed E-state index contributed by atoms with van der Waals surface area (Å²) in [5.41, 5.74) is 0. The molecule has 0 nitrogen and oxygen atoms in total. The van der Waals surface area contributed by atoms with Gasteiger partial charge >= 0.3 is 22.4 Å². The molecule has 0 spiro atoms. The van der Waals surface area contributed by atoms with Gasteiger partial charge in [-0.15, -0.1) is 0 Å². The molecule has 0 aromatic carbocycles. The van der Waals surface area contributed by atoms with Gasteiger partial charge in [0.15, 0.2) is 0 Å². The quantitative estimate of drug-likeness (QED) is 0.548. The second-order valence-corrected chi connectivity index (χ2v) is 1.77. The van der Waals surface area contributed by atoms with Gasteiger partial charge in [0.25, 0.3) is 0 Å². The summed E-state index contributed by atoms with van der Waals surface area (Å²) in [6.07, 6.45) is 6.03. The zero-order chi connectivity index (χ0) is 5.54. The second-order valence-electron chi connectivity index (χ2n) is 1.77. The van der Waals surface area contributed by atoms with Crippen LogP contribution >= 0.6 is 0 Å². The molecule has 1 radical (unpaired) electrons. The fourth-order valence-electron chi connectivity index (χ4n) is 0.530. The zero-order valence-electron chi connectivity index (χ0n) is 5.40. The minimum Gasteiger partial charge on any atom is -0.343 e. The van der Waals surface area contributed by atoms with Crippen molar-refractivity contribution in [3.05, 3.63) is 13.8 Å². The van der Waals surface area contributed by atoms with E-state index in [0.717, 1.165) is 12.8 Å². The summed E-state index contributed by atoms with van der Waals surface area (Å²) in [5.74, 6) is 0. The Kier molecular flexibility index (Phi) is 15.4. The normalized spacial score (nSPS) is 8.25. The van der Waals surface area contributed by atoms with E-state index in [2.05, 4.69) is 13.8 Å². The molecular weight excluding hydrogens is 265 g/mol. The molecule has 0 N–H and O–H groups in total. The van der Waals surface area contributed by atoms with Crippen molar-refractivity contribution in [2.24, 2.45) is 0 Å². The van der Waals surface area contributed by atoms with Crippen molar-refractivity contribution < 1.29 is 22.4 Å². The molecule has 0 fully saturated rings. The van der Waals surface area contributed by atoms with Gasteiger partial charge in [0.05, 0.1) is 0 Å². The van der Waals surface area contributed by atoms with E-state index < -0.39 is 0 Å². The van der Waals surface area contributed by atoms with Gasteiger partial charge < -0.3 is 13.8 Å². The molecule has 0 bridgehead atoms. The smallest absolute Gasteiger partial charge is 0.343 e. The van der Waals surface area contributed by atoms with Crippen LogP contribution in [0.4, 0.5) is 0 Å². The summed E-state index contributed by atoms with van der Waals surface area (Å²) in [6, 6.07) is 0. The van der Waals surface area contributed by atoms with Gasteiger partial charge in [-0.2, -0.15) is 12.8 Å². The first-order valence-corrected chi connectivity index (χ1v) is 3.00. The first-order chi connectivity index (χ1) is 3.41. The van der Waals surface area contributed by atoms with E-state index in [1.165, 1.54) is 19.3 Å². The summed E-state index contributed by atoms with van der Waals surface area (Å²) in [5, 5.41) is 0. The topological polar surface area (TPSA) is 0 Å². The average Bonchev–Trinajstić information content (AvgIpc) is 1.69. The first kappa shape index (κ1) is 11.5. The predicted molar refractivity (Wildman–Crippen MR) is 33.8 cm³/mol. The van der Waals surface area contributed by atoms with Crippen molar-refractivity contribution in [3.8, 4) is 0 Å². The van der Waals surface area contributed by atoms with E-state index in [9.17, 15) is 0 Å². The Morgan fingerprint density at radius 2 is 1.12 bits per heavy atom. The maximum absolute atomic E-state index is 3.74. The summed E-state index contributed by atoms with van der Waals surface area (Å²) < 4.78 is 0. The standard InChI is InChI=1S/C7H14.Ta/c1-3-5-7-6-4-2;/h1-7H2;/q-2;+2. The van der Waals surface area contributed by atoms with Crippen molar-refractivity contribution in [2.75, 3.05) is 0 Å². The van der Waals surface area contributed by atoms with Gasteiger partial charge in [-0.3, -0.25) is 0 Å². The van der Waals surface area contributed by atoms with Crippen molar-refractivity contribution in [1.29, 1.82) is 0 Å². The van der Waals surface area contributed by atoms with E-state index in [-0.39, 0.29) is 22.4 Å². The van der Waals surface area contributed by atoms with Crippen LogP contribution in [0.15, 0.2) is 0 Å². The van der Waals surface area contributed by atoms with E-state index in [1.807, 2.05) is 0 Å². The maximum Gasteiger partial charge on any atom is 2.00 e. The van der Waals surface area contributed by atoms with Gasteiger partial charge in [-0.25, -0.2) is 0 Å². The third kappa shape index (κ3) is 9.88. The Morgan fingerprint density at radius 1 is 0.750 bits per heavy atom. The molecule has 0 aliphatic heterocycles. The molecule has 0 unspecified atom stereocenters. The summed E-state index contributed by atoms with van der Waals surface area (Å²) in [7, 11) is 0. The van der Waals surface area contributed by atoms with Crippen LogP contribution in [-0.4, -0.2) is 0 Å². The Balaban J connectivity index is 0. The number of rotatable bonds is 4. The molecule has 0 heterocycles. The van der Waals surface area contributed by atoms with E-state index in [4.69, 9.17) is 0 Å². The SMILES string of the molecule is [CH2-]CCCCC[CH2-].[Ta+2]. The largest absolute Gasteiger partial charge is 2.00 e. The molecule has 0 rings (SSSR count). The minimum absolute atomic E-state index is 0. The Bertz CT molecular complexity index is 23.6. The maximum atomic E-state index is 3.74. The van der Waals surface area contributed by atoms with E-state index in [0.29, 0.717) is 0 Å². The van der Waals surface area contributed by atoms with Crippen LogP contribution in [-0.2, 0) is 22.4 Å². The predicted octanol–water partition coefficient (Wildman–Crippen LogP) is 2.60. The van der Waals surface area contributed by atoms with Gasteiger partial charge in [-0.1, -0.05) is 19.3 Å². The van der Waals surface area contributed by atoms with Crippen LogP contribution < -0.4 is 0 Å². The number of hydrogen-bond donors (Lipinski definition) is 0. The van der Waals surface area contributed by atoms with Gasteiger partial charge in [0.2, 0.25) is 0 Å². The second kappa shape index (κ2) is 10.7. The summed E-state index contributed by atoms with van der Waals surface area (Å²) >= 11 is 0. The van der Waals surface area contributed by atoms with Crippen LogP contribution in [0.25, 0.3) is 0 Å². The van der Waals surface area contributed by atoms with Crippen LogP contribution in [0, 0.1) is 13.8 Å². The van der Waals surface area contributed by atoms with Crippen LogP contribution in [0.5, 0.6) is 0 Å². The Labute approximate surface area is 68.6 Å². The molecule has 47 valence electrons. The van der Waals surface area contributed by atoms with E-state index >= 15 is 0 Å². The third-order valence-corrected chi connectivity index (χ3v) is 1.000. The fourth-order valence-corrected chi connectivity index (χ4v) is 0.530. The molecule has 0 atom stereocenters. The molecule has 8 heavy (non-hydrogen) atoms. The first-order valence-electron chi connectivity index (χ1n) is 3.00. The fraction of sp³-hybridized carbons (Fsp3) is 0.714. The van der Waals surface area contributed by atoms with E-state index in [1.54, 1.807) is 0 Å².